The van der Waals surface area contributed by atoms with Crippen molar-refractivity contribution in [1.29, 1.82) is 0 Å². The highest BCUT2D eigenvalue weighted by molar-refractivity contribution is 9.10. The summed E-state index contributed by atoms with van der Waals surface area (Å²) in [5, 5.41) is 16.9. The van der Waals surface area contributed by atoms with Crippen molar-refractivity contribution >= 4 is 60.8 Å². The summed E-state index contributed by atoms with van der Waals surface area (Å²) in [5.74, 6) is -0.176. The number of para-hydroxylation sites is 1. The van der Waals surface area contributed by atoms with Gasteiger partial charge in [0.1, 0.15) is 11.3 Å². The number of hydrogen-bond donors (Lipinski definition) is 1. The number of carboxylic acid groups (broad SMARTS) is 1. The van der Waals surface area contributed by atoms with Crippen molar-refractivity contribution in [3.05, 3.63) is 105 Å². The molecule has 8 nitrogen and oxygen atoms in total. The first-order valence-corrected chi connectivity index (χ1v) is 12.9. The second-order valence-electron chi connectivity index (χ2n) is 8.90. The molecular formula is C30H20BrN3O5. The molecule has 6 aromatic rings. The Balaban J connectivity index is 1.57. The maximum atomic E-state index is 13.7. The fourth-order valence-corrected chi connectivity index (χ4v) is 4.76. The fourth-order valence-electron chi connectivity index (χ4n) is 4.38. The lowest BCUT2D eigenvalue weighted by atomic mass is 10.0. The van der Waals surface area contributed by atoms with Crippen LogP contribution in [-0.4, -0.2) is 33.1 Å². The van der Waals surface area contributed by atoms with E-state index >= 15 is 0 Å². The van der Waals surface area contributed by atoms with Crippen LogP contribution in [0.15, 0.2) is 104 Å². The number of halogens is 1. The maximum absolute atomic E-state index is 13.7. The summed E-state index contributed by atoms with van der Waals surface area (Å²) in [4.78, 5) is 29.9. The molecule has 0 fully saturated rings. The highest BCUT2D eigenvalue weighted by Crippen LogP contribution is 2.30. The van der Waals surface area contributed by atoms with Crippen LogP contribution in [0.1, 0.15) is 12.5 Å². The number of carbonyl (C=O) groups is 1. The van der Waals surface area contributed by atoms with E-state index in [0.29, 0.717) is 33.6 Å². The number of ether oxygens (including phenoxy) is 1. The molecule has 39 heavy (non-hydrogen) atoms. The number of fused-ring (bicyclic) bond motifs is 3. The largest absolute Gasteiger partial charge is 0.479 e. The van der Waals surface area contributed by atoms with E-state index in [1.807, 2.05) is 60.7 Å². The molecule has 0 saturated heterocycles. The monoisotopic (exact) mass is 581 g/mol. The summed E-state index contributed by atoms with van der Waals surface area (Å²) in [5.41, 5.74) is 1.30. The highest BCUT2D eigenvalue weighted by Gasteiger charge is 2.19. The number of rotatable bonds is 6. The first kappa shape index (κ1) is 24.6. The number of carboxylic acids is 1. The van der Waals surface area contributed by atoms with Gasteiger partial charge in [0.05, 0.1) is 17.1 Å². The van der Waals surface area contributed by atoms with Crippen molar-refractivity contribution in [2.45, 2.75) is 13.0 Å². The van der Waals surface area contributed by atoms with Gasteiger partial charge < -0.3 is 14.3 Å². The van der Waals surface area contributed by atoms with E-state index in [0.717, 1.165) is 20.6 Å². The molecule has 0 bridgehead atoms. The summed E-state index contributed by atoms with van der Waals surface area (Å²) in [6.07, 6.45) is 0.404. The quantitative estimate of drug-likeness (QED) is 0.226. The average molecular weight is 582 g/mol. The van der Waals surface area contributed by atoms with E-state index in [2.05, 4.69) is 21.0 Å². The zero-order valence-electron chi connectivity index (χ0n) is 20.5. The molecule has 4 aromatic carbocycles. The van der Waals surface area contributed by atoms with Gasteiger partial charge in [-0.3, -0.25) is 4.79 Å². The van der Waals surface area contributed by atoms with Gasteiger partial charge in [0.25, 0.3) is 5.56 Å². The van der Waals surface area contributed by atoms with Crippen molar-refractivity contribution in [3.8, 4) is 17.3 Å². The van der Waals surface area contributed by atoms with Gasteiger partial charge in [-0.15, -0.1) is 0 Å². The number of benzene rings is 4. The van der Waals surface area contributed by atoms with E-state index in [1.54, 1.807) is 24.3 Å². The zero-order valence-corrected chi connectivity index (χ0v) is 22.1. The molecule has 1 atom stereocenters. The molecule has 6 rings (SSSR count). The third-order valence-corrected chi connectivity index (χ3v) is 6.83. The van der Waals surface area contributed by atoms with Gasteiger partial charge in [-0.25, -0.2) is 9.78 Å². The molecule has 0 radical (unpaired) electrons. The lowest BCUT2D eigenvalue weighted by molar-refractivity contribution is -0.144. The summed E-state index contributed by atoms with van der Waals surface area (Å²) in [6, 6.07) is 25.6. The number of aliphatic carboxylic acids is 1. The van der Waals surface area contributed by atoms with Crippen LogP contribution in [0.2, 0.25) is 0 Å². The summed E-state index contributed by atoms with van der Waals surface area (Å²) < 4.78 is 13.9. The lowest BCUT2D eigenvalue weighted by Gasteiger charge is -2.15. The number of nitrogens with zero attached hydrogens (tertiary/aromatic N) is 3. The molecule has 0 amide bonds. The van der Waals surface area contributed by atoms with Gasteiger partial charge in [0.2, 0.25) is 5.82 Å². The van der Waals surface area contributed by atoms with Crippen LogP contribution in [0, 0.1) is 0 Å². The molecule has 9 heteroatoms. The van der Waals surface area contributed by atoms with E-state index in [4.69, 9.17) is 14.1 Å². The fraction of sp³-hybridized carbons (Fsp3) is 0.0667. The zero-order chi connectivity index (χ0) is 27.1. The van der Waals surface area contributed by atoms with Crippen molar-refractivity contribution in [3.63, 3.8) is 0 Å². The standard InChI is InChI=1S/C30H20BrN3O5/c1-17(30(36)37)38-26-12-10-18-6-2-3-7-21(18)23(26)16-32-34-28(33-24-9-5-4-8-22(24)29(34)35)27-15-19-14-20(31)11-13-25(19)39-27/h2-17H,1H3,(H,36,37)/t17-/m0/s1. The Kier molecular flexibility index (Phi) is 6.20. The summed E-state index contributed by atoms with van der Waals surface area (Å²) in [6.45, 7) is 1.45. The molecule has 0 saturated carbocycles. The van der Waals surface area contributed by atoms with E-state index in [9.17, 15) is 14.7 Å². The Hall–Kier alpha value is -4.76. The van der Waals surface area contributed by atoms with Gasteiger partial charge in [-0.1, -0.05) is 58.4 Å². The Bertz CT molecular complexity index is 1990. The normalized spacial score (nSPS) is 12.5. The Morgan fingerprint density at radius 2 is 1.79 bits per heavy atom. The van der Waals surface area contributed by atoms with E-state index < -0.39 is 12.1 Å². The third-order valence-electron chi connectivity index (χ3n) is 6.34. The van der Waals surface area contributed by atoms with Crippen LogP contribution in [0.25, 0.3) is 44.2 Å². The number of aromatic nitrogens is 2. The van der Waals surface area contributed by atoms with Crippen molar-refractivity contribution in [2.75, 3.05) is 0 Å². The van der Waals surface area contributed by atoms with Gasteiger partial charge in [-0.05, 0) is 60.2 Å². The first-order chi connectivity index (χ1) is 18.9. The van der Waals surface area contributed by atoms with E-state index in [-0.39, 0.29) is 11.4 Å². The summed E-state index contributed by atoms with van der Waals surface area (Å²) >= 11 is 3.47. The highest BCUT2D eigenvalue weighted by atomic mass is 79.9. The topological polar surface area (TPSA) is 107 Å². The molecule has 0 aliphatic heterocycles. The van der Waals surface area contributed by atoms with Crippen molar-refractivity contribution in [1.82, 2.24) is 9.66 Å². The van der Waals surface area contributed by atoms with Crippen LogP contribution >= 0.6 is 15.9 Å². The molecule has 1 N–H and O–H groups in total. The minimum absolute atomic E-state index is 0.226. The minimum atomic E-state index is -1.10. The maximum Gasteiger partial charge on any atom is 0.344 e. The van der Waals surface area contributed by atoms with Crippen LogP contribution in [0.5, 0.6) is 5.75 Å². The molecule has 0 aliphatic carbocycles. The smallest absolute Gasteiger partial charge is 0.344 e. The Labute approximate surface area is 229 Å². The molecule has 0 spiro atoms. The molecular weight excluding hydrogens is 562 g/mol. The predicted molar refractivity (Wildman–Crippen MR) is 154 cm³/mol. The minimum Gasteiger partial charge on any atom is -0.479 e. The van der Waals surface area contributed by atoms with Crippen LogP contribution in [-0.2, 0) is 4.79 Å². The van der Waals surface area contributed by atoms with E-state index in [1.165, 1.54) is 17.8 Å². The number of hydrogen-bond acceptors (Lipinski definition) is 6. The van der Waals surface area contributed by atoms with Crippen LogP contribution in [0.3, 0.4) is 0 Å². The molecule has 2 aromatic heterocycles. The van der Waals surface area contributed by atoms with Crippen molar-refractivity contribution in [2.24, 2.45) is 5.10 Å². The van der Waals surface area contributed by atoms with Gasteiger partial charge >= 0.3 is 5.97 Å². The SMILES string of the molecule is C[C@H](Oc1ccc2ccccc2c1C=Nn1c(-c2cc3cc(Br)ccc3o2)nc2ccccc2c1=O)C(=O)O. The van der Waals surface area contributed by atoms with Gasteiger partial charge in [0, 0.05) is 15.4 Å². The molecule has 192 valence electrons. The summed E-state index contributed by atoms with van der Waals surface area (Å²) in [7, 11) is 0. The molecule has 0 unspecified atom stereocenters. The number of furan rings is 1. The van der Waals surface area contributed by atoms with Crippen LogP contribution < -0.4 is 10.3 Å². The Morgan fingerprint density at radius 1 is 1.03 bits per heavy atom. The van der Waals surface area contributed by atoms with Gasteiger partial charge in [-0.2, -0.15) is 9.78 Å². The molecule has 2 heterocycles. The van der Waals surface area contributed by atoms with Crippen molar-refractivity contribution < 1.29 is 19.1 Å². The van der Waals surface area contributed by atoms with Gasteiger partial charge in [0.15, 0.2) is 11.9 Å². The Morgan fingerprint density at radius 3 is 2.62 bits per heavy atom. The second-order valence-corrected chi connectivity index (χ2v) is 9.82. The third kappa shape index (κ3) is 4.57. The molecule has 0 aliphatic rings. The van der Waals surface area contributed by atoms with Crippen LogP contribution in [0.4, 0.5) is 0 Å². The first-order valence-electron chi connectivity index (χ1n) is 12.1. The lowest BCUT2D eigenvalue weighted by Crippen LogP contribution is -2.23. The second kappa shape index (κ2) is 9.85. The predicted octanol–water partition coefficient (Wildman–Crippen LogP) is 6.46. The average Bonchev–Trinajstić information content (AvgIpc) is 3.36.